The van der Waals surface area contributed by atoms with Gasteiger partial charge in [-0.1, -0.05) is 41.0 Å². The predicted octanol–water partition coefficient (Wildman–Crippen LogP) is 6.78. The highest BCUT2D eigenvalue weighted by atomic mass is 32.2. The molecule has 0 saturated heterocycles. The number of aliphatic imine (C=N–C) groups is 2. The maximum Gasteiger partial charge on any atom is 0.151 e. The van der Waals surface area contributed by atoms with E-state index in [9.17, 15) is 0 Å². The van der Waals surface area contributed by atoms with Crippen LogP contribution in [0.15, 0.2) is 69.3 Å². The highest BCUT2D eigenvalue weighted by Crippen LogP contribution is 2.16. The lowest BCUT2D eigenvalue weighted by atomic mass is 10.1. The van der Waals surface area contributed by atoms with Gasteiger partial charge in [-0.2, -0.15) is 11.8 Å². The van der Waals surface area contributed by atoms with Crippen molar-refractivity contribution >= 4 is 29.5 Å². The van der Waals surface area contributed by atoms with Crippen LogP contribution in [-0.2, 0) is 4.74 Å². The van der Waals surface area contributed by atoms with Gasteiger partial charge in [0.15, 0.2) is 5.82 Å². The molecule has 2 heterocycles. The Morgan fingerprint density at radius 2 is 1.87 bits per heavy atom. The van der Waals surface area contributed by atoms with E-state index in [2.05, 4.69) is 55.9 Å². The standard InChI is InChI=1S/C26H37N3OS/c1-21(2)9-7-10-22(3)11-8-12-23(4)14-18-31-20-25(24-19-30-17-16-27-24)29-26-13-5-6-15-28-26/h5-6,9,11,13-16,24H,7-8,10,12,17-20H2,1-4H3. The van der Waals surface area contributed by atoms with Gasteiger partial charge >= 0.3 is 0 Å². The van der Waals surface area contributed by atoms with Gasteiger partial charge in [0, 0.05) is 23.9 Å². The van der Waals surface area contributed by atoms with Crippen LogP contribution in [0.1, 0.15) is 53.4 Å². The molecule has 4 nitrogen and oxygen atoms in total. The summed E-state index contributed by atoms with van der Waals surface area (Å²) in [6, 6.07) is 5.79. The summed E-state index contributed by atoms with van der Waals surface area (Å²) in [6.45, 7) is 9.98. The Morgan fingerprint density at radius 3 is 2.55 bits per heavy atom. The van der Waals surface area contributed by atoms with E-state index in [0.717, 1.165) is 48.7 Å². The number of rotatable bonds is 12. The molecule has 0 spiro atoms. The lowest BCUT2D eigenvalue weighted by molar-refractivity contribution is 0.163. The van der Waals surface area contributed by atoms with Crippen LogP contribution in [0.3, 0.4) is 0 Å². The number of hydrogen-bond donors (Lipinski definition) is 0. The lowest BCUT2D eigenvalue weighted by Gasteiger charge is -2.18. The third-order valence-corrected chi connectivity index (χ3v) is 5.87. The van der Waals surface area contributed by atoms with Crippen molar-refractivity contribution in [3.8, 4) is 0 Å². The minimum absolute atomic E-state index is 0.00668. The van der Waals surface area contributed by atoms with Crippen LogP contribution in [-0.4, -0.2) is 47.7 Å². The molecule has 1 aliphatic rings. The summed E-state index contributed by atoms with van der Waals surface area (Å²) in [7, 11) is 0. The van der Waals surface area contributed by atoms with Crippen LogP contribution in [0, 0.1) is 0 Å². The van der Waals surface area contributed by atoms with Crippen molar-refractivity contribution in [2.24, 2.45) is 9.98 Å². The quantitative estimate of drug-likeness (QED) is 0.205. The second kappa shape index (κ2) is 14.9. The molecule has 0 aliphatic carbocycles. The lowest BCUT2D eigenvalue weighted by Crippen LogP contribution is -2.30. The van der Waals surface area contributed by atoms with Crippen LogP contribution >= 0.6 is 11.8 Å². The zero-order valence-corrected chi connectivity index (χ0v) is 20.3. The Kier molecular flexibility index (Phi) is 12.2. The zero-order valence-electron chi connectivity index (χ0n) is 19.5. The number of allylic oxidation sites excluding steroid dienone is 5. The molecule has 31 heavy (non-hydrogen) atoms. The smallest absolute Gasteiger partial charge is 0.151 e. The molecule has 1 aromatic heterocycles. The summed E-state index contributed by atoms with van der Waals surface area (Å²) in [5.74, 6) is 2.54. The van der Waals surface area contributed by atoms with Gasteiger partial charge in [0.1, 0.15) is 6.04 Å². The highest BCUT2D eigenvalue weighted by molar-refractivity contribution is 8.00. The van der Waals surface area contributed by atoms with Crippen molar-refractivity contribution in [3.05, 3.63) is 59.3 Å². The summed E-state index contributed by atoms with van der Waals surface area (Å²) in [6.07, 6.45) is 15.2. The Balaban J connectivity index is 1.80. The van der Waals surface area contributed by atoms with Gasteiger partial charge in [0.05, 0.1) is 18.9 Å². The summed E-state index contributed by atoms with van der Waals surface area (Å²) in [5.41, 5.74) is 5.37. The molecule has 2 rings (SSSR count). The first-order chi connectivity index (χ1) is 15.0. The topological polar surface area (TPSA) is 46.8 Å². The van der Waals surface area contributed by atoms with Crippen LogP contribution in [0.25, 0.3) is 0 Å². The van der Waals surface area contributed by atoms with Gasteiger partial charge in [0.2, 0.25) is 0 Å². The van der Waals surface area contributed by atoms with Crippen molar-refractivity contribution in [2.45, 2.75) is 59.4 Å². The minimum Gasteiger partial charge on any atom is -0.373 e. The normalized spacial score (nSPS) is 17.7. The predicted molar refractivity (Wildman–Crippen MR) is 137 cm³/mol. The molecule has 168 valence electrons. The van der Waals surface area contributed by atoms with Gasteiger partial charge < -0.3 is 4.74 Å². The summed E-state index contributed by atoms with van der Waals surface area (Å²) in [5, 5.41) is 0. The van der Waals surface area contributed by atoms with Gasteiger partial charge in [-0.25, -0.2) is 9.98 Å². The Hall–Kier alpha value is -1.98. The monoisotopic (exact) mass is 439 g/mol. The number of nitrogens with zero attached hydrogens (tertiary/aromatic N) is 3. The Bertz CT molecular complexity index is 805. The summed E-state index contributed by atoms with van der Waals surface area (Å²) in [4.78, 5) is 13.7. The average molecular weight is 440 g/mol. The maximum atomic E-state index is 5.56. The van der Waals surface area contributed by atoms with Gasteiger partial charge in [0.25, 0.3) is 0 Å². The summed E-state index contributed by atoms with van der Waals surface area (Å²) >= 11 is 1.87. The molecule has 0 amide bonds. The molecular formula is C26H37N3OS. The first-order valence-corrected chi connectivity index (χ1v) is 12.3. The molecule has 1 atom stereocenters. The fourth-order valence-corrected chi connectivity index (χ4v) is 4.09. The van der Waals surface area contributed by atoms with Crippen molar-refractivity contribution in [1.82, 2.24) is 4.98 Å². The Morgan fingerprint density at radius 1 is 1.10 bits per heavy atom. The molecule has 1 aliphatic heterocycles. The number of ether oxygens (including phenoxy) is 1. The second-order valence-corrected chi connectivity index (χ2v) is 9.18. The molecule has 0 aromatic carbocycles. The molecule has 0 radical (unpaired) electrons. The van der Waals surface area contributed by atoms with Gasteiger partial charge in [-0.05, 0) is 65.5 Å². The number of hydrogen-bond acceptors (Lipinski definition) is 5. The van der Waals surface area contributed by atoms with E-state index in [1.165, 1.54) is 16.7 Å². The van der Waals surface area contributed by atoms with Crippen LogP contribution in [0.2, 0.25) is 0 Å². The fraction of sp³-hybridized carbons (Fsp3) is 0.500. The Labute approximate surface area is 192 Å². The highest BCUT2D eigenvalue weighted by Gasteiger charge is 2.17. The first-order valence-electron chi connectivity index (χ1n) is 11.1. The van der Waals surface area contributed by atoms with Gasteiger partial charge in [-0.3, -0.25) is 4.99 Å². The van der Waals surface area contributed by atoms with E-state index < -0.39 is 0 Å². The molecule has 0 saturated carbocycles. The zero-order chi connectivity index (χ0) is 22.3. The van der Waals surface area contributed by atoms with Crippen LogP contribution < -0.4 is 0 Å². The third kappa shape index (κ3) is 11.3. The van der Waals surface area contributed by atoms with E-state index in [1.54, 1.807) is 6.20 Å². The van der Waals surface area contributed by atoms with Crippen molar-refractivity contribution in [1.29, 1.82) is 0 Å². The molecule has 0 N–H and O–H groups in total. The van der Waals surface area contributed by atoms with Crippen LogP contribution in [0.4, 0.5) is 5.82 Å². The van der Waals surface area contributed by atoms with Crippen molar-refractivity contribution < 1.29 is 4.74 Å². The third-order valence-electron chi connectivity index (χ3n) is 4.97. The van der Waals surface area contributed by atoms with E-state index in [-0.39, 0.29) is 6.04 Å². The molecule has 0 fully saturated rings. The van der Waals surface area contributed by atoms with Crippen LogP contribution in [0.5, 0.6) is 0 Å². The molecule has 1 aromatic rings. The maximum absolute atomic E-state index is 5.56. The van der Waals surface area contributed by atoms with Gasteiger partial charge in [-0.15, -0.1) is 0 Å². The van der Waals surface area contributed by atoms with Crippen molar-refractivity contribution in [3.63, 3.8) is 0 Å². The molecule has 0 bridgehead atoms. The van der Waals surface area contributed by atoms with E-state index in [4.69, 9.17) is 9.73 Å². The molecule has 1 unspecified atom stereocenters. The fourth-order valence-electron chi connectivity index (χ4n) is 3.10. The number of pyridine rings is 1. The first kappa shape index (κ1) is 25.3. The van der Waals surface area contributed by atoms with E-state index in [1.807, 2.05) is 36.2 Å². The average Bonchev–Trinajstić information content (AvgIpc) is 2.77. The number of thioether (sulfide) groups is 1. The summed E-state index contributed by atoms with van der Waals surface area (Å²) < 4.78 is 5.56. The van der Waals surface area contributed by atoms with E-state index in [0.29, 0.717) is 13.2 Å². The SMILES string of the molecule is CC(C)=CCCC(C)=CCCC(C)=CCSCC(=Nc1ccccn1)C1COCC=N1. The second-order valence-electron chi connectivity index (χ2n) is 8.15. The number of aromatic nitrogens is 1. The van der Waals surface area contributed by atoms with Crippen molar-refractivity contribution in [2.75, 3.05) is 24.7 Å². The minimum atomic E-state index is -0.00668. The molecule has 5 heteroatoms. The largest absolute Gasteiger partial charge is 0.373 e. The van der Waals surface area contributed by atoms with E-state index >= 15 is 0 Å². The molecular weight excluding hydrogens is 402 g/mol.